The number of carbonyl (C=O) groups is 2. The first-order valence-corrected chi connectivity index (χ1v) is 8.84. The molecule has 1 fully saturated rings. The van der Waals surface area contributed by atoms with Gasteiger partial charge >= 0.3 is 5.97 Å². The van der Waals surface area contributed by atoms with Crippen molar-refractivity contribution < 1.29 is 14.3 Å². The maximum Gasteiger partial charge on any atom is 0.359 e. The van der Waals surface area contributed by atoms with Gasteiger partial charge in [0.1, 0.15) is 0 Å². The average Bonchev–Trinajstić information content (AvgIpc) is 2.62. The van der Waals surface area contributed by atoms with Gasteiger partial charge in [0.05, 0.1) is 5.39 Å². The van der Waals surface area contributed by atoms with Crippen molar-refractivity contribution >= 4 is 22.6 Å². The molecule has 0 radical (unpaired) electrons. The number of carbonyl (C=O) groups excluding carboxylic acids is 2. The van der Waals surface area contributed by atoms with Crippen LogP contribution in [0.25, 0.3) is 10.8 Å². The van der Waals surface area contributed by atoms with Crippen LogP contribution in [-0.4, -0.2) is 45.2 Å². The second kappa shape index (κ2) is 7.27. The molecule has 1 aliphatic heterocycles. The van der Waals surface area contributed by atoms with Crippen LogP contribution in [0.2, 0.25) is 0 Å². The summed E-state index contributed by atoms with van der Waals surface area (Å²) in [6.45, 7) is 3.70. The molecule has 1 aromatic carbocycles. The van der Waals surface area contributed by atoms with Crippen molar-refractivity contribution in [2.75, 3.05) is 6.61 Å². The Labute approximate surface area is 151 Å². The van der Waals surface area contributed by atoms with Crippen molar-refractivity contribution in [3.63, 3.8) is 0 Å². The van der Waals surface area contributed by atoms with Gasteiger partial charge in [-0.05, 0) is 39.2 Å². The van der Waals surface area contributed by atoms with Gasteiger partial charge in [-0.1, -0.05) is 18.2 Å². The zero-order valence-electron chi connectivity index (χ0n) is 15.3. The van der Waals surface area contributed by atoms with Gasteiger partial charge in [-0.2, -0.15) is 5.10 Å². The summed E-state index contributed by atoms with van der Waals surface area (Å²) in [5.41, 5.74) is -0.251. The number of benzene rings is 1. The van der Waals surface area contributed by atoms with Gasteiger partial charge in [-0.25, -0.2) is 9.48 Å². The van der Waals surface area contributed by atoms with Crippen LogP contribution in [-0.2, 0) is 16.6 Å². The monoisotopic (exact) mass is 357 g/mol. The molecule has 0 N–H and O–H groups in total. The van der Waals surface area contributed by atoms with E-state index in [1.165, 1.54) is 7.05 Å². The van der Waals surface area contributed by atoms with Crippen LogP contribution in [0.1, 0.15) is 43.6 Å². The van der Waals surface area contributed by atoms with Crippen molar-refractivity contribution in [1.29, 1.82) is 0 Å². The van der Waals surface area contributed by atoms with Crippen molar-refractivity contribution in [2.24, 2.45) is 7.05 Å². The Balaban J connectivity index is 1.79. The molecule has 1 saturated heterocycles. The molecule has 7 nitrogen and oxygen atoms in total. The summed E-state index contributed by atoms with van der Waals surface area (Å²) in [6.07, 6.45) is 3.01. The van der Waals surface area contributed by atoms with E-state index in [1.54, 1.807) is 29.2 Å². The second-order valence-electron chi connectivity index (χ2n) is 6.83. The molecule has 26 heavy (non-hydrogen) atoms. The highest BCUT2D eigenvalue weighted by atomic mass is 16.5. The molecule has 0 unspecified atom stereocenters. The maximum absolute atomic E-state index is 12.5. The van der Waals surface area contributed by atoms with E-state index in [9.17, 15) is 14.4 Å². The molecule has 138 valence electrons. The molecule has 2 aromatic rings. The molecule has 0 saturated carbocycles. The van der Waals surface area contributed by atoms with Crippen LogP contribution in [0.4, 0.5) is 0 Å². The standard InChI is InChI=1S/C19H23N3O4/c1-12-7-6-8-13(2)22(12)16(23)11-26-19(25)17-14-9-4-5-10-15(14)18(24)21(3)20-17/h4-5,9-10,12-13H,6-8,11H2,1-3H3/t12-,13+. The highest BCUT2D eigenvalue weighted by molar-refractivity contribution is 6.02. The SMILES string of the molecule is C[C@@H]1CCC[C@H](C)N1C(=O)COC(=O)c1nn(C)c(=O)c2ccccc12. The quantitative estimate of drug-likeness (QED) is 0.784. The van der Waals surface area contributed by atoms with Gasteiger partial charge < -0.3 is 9.64 Å². The smallest absolute Gasteiger partial charge is 0.359 e. The molecule has 1 aliphatic rings. The Kier molecular flexibility index (Phi) is 5.06. The Morgan fingerprint density at radius 3 is 2.42 bits per heavy atom. The summed E-state index contributed by atoms with van der Waals surface area (Å²) in [5.74, 6) is -0.908. The third kappa shape index (κ3) is 3.34. The van der Waals surface area contributed by atoms with Crippen LogP contribution >= 0.6 is 0 Å². The van der Waals surface area contributed by atoms with Crippen LogP contribution in [0, 0.1) is 0 Å². The zero-order valence-corrected chi connectivity index (χ0v) is 15.3. The van der Waals surface area contributed by atoms with Gasteiger partial charge in [0.25, 0.3) is 11.5 Å². The third-order valence-electron chi connectivity index (χ3n) is 4.96. The molecule has 0 aliphatic carbocycles. The Hall–Kier alpha value is -2.70. The minimum absolute atomic E-state index is 0.0373. The molecule has 1 aromatic heterocycles. The molecule has 0 bridgehead atoms. The number of aryl methyl sites for hydroxylation is 1. The van der Waals surface area contributed by atoms with Gasteiger partial charge in [-0.3, -0.25) is 9.59 Å². The lowest BCUT2D eigenvalue weighted by Crippen LogP contribution is -2.49. The minimum Gasteiger partial charge on any atom is -0.451 e. The number of aromatic nitrogens is 2. The Bertz CT molecular complexity index is 895. The summed E-state index contributed by atoms with van der Waals surface area (Å²) < 4.78 is 6.34. The Morgan fingerprint density at radius 2 is 1.77 bits per heavy atom. The molecule has 7 heteroatoms. The van der Waals surface area contributed by atoms with E-state index in [0.29, 0.717) is 10.8 Å². The number of fused-ring (bicyclic) bond motifs is 1. The molecule has 2 heterocycles. The van der Waals surface area contributed by atoms with Gasteiger partial charge in [0.2, 0.25) is 0 Å². The fourth-order valence-corrected chi connectivity index (χ4v) is 3.63. The van der Waals surface area contributed by atoms with E-state index in [1.807, 2.05) is 13.8 Å². The van der Waals surface area contributed by atoms with Crippen molar-refractivity contribution in [3.8, 4) is 0 Å². The number of rotatable bonds is 3. The van der Waals surface area contributed by atoms with Crippen molar-refractivity contribution in [2.45, 2.75) is 45.2 Å². The zero-order chi connectivity index (χ0) is 18.8. The topological polar surface area (TPSA) is 81.5 Å². The Morgan fingerprint density at radius 1 is 1.15 bits per heavy atom. The predicted octanol–water partition coefficient (Wildman–Crippen LogP) is 1.88. The number of likely N-dealkylation sites (tertiary alicyclic amines) is 1. The number of hydrogen-bond acceptors (Lipinski definition) is 5. The van der Waals surface area contributed by atoms with E-state index in [0.717, 1.165) is 23.9 Å². The van der Waals surface area contributed by atoms with Gasteiger partial charge in [0.15, 0.2) is 12.3 Å². The highest BCUT2D eigenvalue weighted by Crippen LogP contribution is 2.22. The van der Waals surface area contributed by atoms with Crippen LogP contribution in [0.15, 0.2) is 29.1 Å². The fourth-order valence-electron chi connectivity index (χ4n) is 3.63. The summed E-state index contributed by atoms with van der Waals surface area (Å²) in [7, 11) is 1.48. The first kappa shape index (κ1) is 18.1. The third-order valence-corrected chi connectivity index (χ3v) is 4.96. The van der Waals surface area contributed by atoms with Crippen LogP contribution in [0.5, 0.6) is 0 Å². The number of nitrogens with zero attached hydrogens (tertiary/aromatic N) is 3. The van der Waals surface area contributed by atoms with E-state index in [-0.39, 0.29) is 35.9 Å². The van der Waals surface area contributed by atoms with Crippen molar-refractivity contribution in [1.82, 2.24) is 14.7 Å². The normalized spacial score (nSPS) is 20.2. The van der Waals surface area contributed by atoms with Crippen LogP contribution < -0.4 is 5.56 Å². The maximum atomic E-state index is 12.5. The van der Waals surface area contributed by atoms with E-state index >= 15 is 0 Å². The number of amides is 1. The molecular formula is C19H23N3O4. The highest BCUT2D eigenvalue weighted by Gasteiger charge is 2.29. The first-order chi connectivity index (χ1) is 12.4. The van der Waals surface area contributed by atoms with Crippen molar-refractivity contribution in [3.05, 3.63) is 40.3 Å². The lowest BCUT2D eigenvalue weighted by atomic mass is 9.97. The fraction of sp³-hybridized carbons (Fsp3) is 0.474. The molecule has 0 spiro atoms. The average molecular weight is 357 g/mol. The van der Waals surface area contributed by atoms with Gasteiger partial charge in [0, 0.05) is 24.5 Å². The second-order valence-corrected chi connectivity index (χ2v) is 6.83. The number of ether oxygens (including phenoxy) is 1. The summed E-state index contributed by atoms with van der Waals surface area (Å²) >= 11 is 0. The minimum atomic E-state index is -0.706. The van der Waals surface area contributed by atoms with E-state index in [4.69, 9.17) is 4.74 Å². The first-order valence-electron chi connectivity index (χ1n) is 8.84. The summed E-state index contributed by atoms with van der Waals surface area (Å²) in [5, 5.41) is 4.84. The summed E-state index contributed by atoms with van der Waals surface area (Å²) in [4.78, 5) is 38.9. The largest absolute Gasteiger partial charge is 0.451 e. The summed E-state index contributed by atoms with van der Waals surface area (Å²) in [6, 6.07) is 7.02. The van der Waals surface area contributed by atoms with E-state index in [2.05, 4.69) is 5.10 Å². The lowest BCUT2D eigenvalue weighted by Gasteiger charge is -2.38. The molecular weight excluding hydrogens is 334 g/mol. The predicted molar refractivity (Wildman–Crippen MR) is 96.9 cm³/mol. The molecule has 1 amide bonds. The molecule has 3 rings (SSSR count). The number of piperidine rings is 1. The number of hydrogen-bond donors (Lipinski definition) is 0. The van der Waals surface area contributed by atoms with Crippen LogP contribution in [0.3, 0.4) is 0 Å². The number of esters is 1. The van der Waals surface area contributed by atoms with Gasteiger partial charge in [-0.15, -0.1) is 0 Å². The lowest BCUT2D eigenvalue weighted by molar-refractivity contribution is -0.140. The van der Waals surface area contributed by atoms with E-state index < -0.39 is 5.97 Å². The molecule has 2 atom stereocenters.